The summed E-state index contributed by atoms with van der Waals surface area (Å²) < 4.78 is 2.89. The number of hydrogen-bond donors (Lipinski definition) is 0. The number of halogens is 1. The van der Waals surface area contributed by atoms with E-state index in [0.717, 1.165) is 24.1 Å². The Morgan fingerprint density at radius 3 is 2.74 bits per heavy atom. The second kappa shape index (κ2) is 5.13. The molecule has 3 heterocycles. The minimum atomic E-state index is 0.0836. The minimum absolute atomic E-state index is 0.0836. The SMILES string of the molecule is O=C(c1ccncc1)N1CC(Cn2cc(Br)cn2)C1. The highest BCUT2D eigenvalue weighted by atomic mass is 79.9. The third kappa shape index (κ3) is 2.68. The molecule has 2 aromatic rings. The number of pyridine rings is 1. The molecule has 1 aliphatic heterocycles. The van der Waals surface area contributed by atoms with Crippen molar-refractivity contribution in [3.05, 3.63) is 47.0 Å². The average Bonchev–Trinajstić information content (AvgIpc) is 2.79. The Kier molecular flexibility index (Phi) is 3.33. The average molecular weight is 321 g/mol. The molecule has 0 aromatic carbocycles. The second-order valence-electron chi connectivity index (χ2n) is 4.69. The van der Waals surface area contributed by atoms with Crippen molar-refractivity contribution in [2.24, 2.45) is 5.92 Å². The van der Waals surface area contributed by atoms with E-state index in [1.807, 2.05) is 15.8 Å². The lowest BCUT2D eigenvalue weighted by atomic mass is 9.99. The van der Waals surface area contributed by atoms with Gasteiger partial charge in [-0.3, -0.25) is 14.5 Å². The first-order valence-electron chi connectivity index (χ1n) is 6.09. The zero-order valence-electron chi connectivity index (χ0n) is 10.2. The summed E-state index contributed by atoms with van der Waals surface area (Å²) in [6.07, 6.45) is 7.02. The molecule has 0 saturated carbocycles. The lowest BCUT2D eigenvalue weighted by Crippen LogP contribution is -2.51. The van der Waals surface area contributed by atoms with Crippen molar-refractivity contribution >= 4 is 21.8 Å². The number of carbonyl (C=O) groups is 1. The van der Waals surface area contributed by atoms with Crippen molar-refractivity contribution in [2.45, 2.75) is 6.54 Å². The van der Waals surface area contributed by atoms with Crippen LogP contribution in [0, 0.1) is 5.92 Å². The second-order valence-corrected chi connectivity index (χ2v) is 5.61. The lowest BCUT2D eigenvalue weighted by molar-refractivity contribution is 0.0461. The molecule has 6 heteroatoms. The molecule has 0 unspecified atom stereocenters. The van der Waals surface area contributed by atoms with Crippen LogP contribution in [0.5, 0.6) is 0 Å². The van der Waals surface area contributed by atoms with Gasteiger partial charge in [-0.1, -0.05) is 0 Å². The predicted octanol–water partition coefficient (Wildman–Crippen LogP) is 1.81. The Morgan fingerprint density at radius 2 is 2.11 bits per heavy atom. The third-order valence-corrected chi connectivity index (χ3v) is 3.63. The molecule has 2 aromatic heterocycles. The summed E-state index contributed by atoms with van der Waals surface area (Å²) in [5.74, 6) is 0.567. The van der Waals surface area contributed by atoms with Crippen LogP contribution < -0.4 is 0 Å². The summed E-state index contributed by atoms with van der Waals surface area (Å²) in [5.41, 5.74) is 0.704. The topological polar surface area (TPSA) is 51.0 Å². The molecule has 19 heavy (non-hydrogen) atoms. The molecule has 0 radical (unpaired) electrons. The fourth-order valence-corrected chi connectivity index (χ4v) is 2.56. The molecule has 0 bridgehead atoms. The van der Waals surface area contributed by atoms with Crippen molar-refractivity contribution in [3.63, 3.8) is 0 Å². The van der Waals surface area contributed by atoms with Gasteiger partial charge in [0, 0.05) is 49.7 Å². The van der Waals surface area contributed by atoms with Crippen molar-refractivity contribution in [1.82, 2.24) is 19.7 Å². The number of aromatic nitrogens is 3. The molecule has 5 nitrogen and oxygen atoms in total. The number of carbonyl (C=O) groups excluding carboxylic acids is 1. The monoisotopic (exact) mass is 320 g/mol. The Morgan fingerprint density at radius 1 is 1.37 bits per heavy atom. The van der Waals surface area contributed by atoms with Crippen LogP contribution in [0.2, 0.25) is 0 Å². The molecule has 98 valence electrons. The van der Waals surface area contributed by atoms with E-state index in [0.29, 0.717) is 11.5 Å². The Hall–Kier alpha value is -1.69. The van der Waals surface area contributed by atoms with Crippen molar-refractivity contribution in [2.75, 3.05) is 13.1 Å². The molecular weight excluding hydrogens is 308 g/mol. The zero-order chi connectivity index (χ0) is 13.2. The first kappa shape index (κ1) is 12.3. The van der Waals surface area contributed by atoms with E-state index in [9.17, 15) is 4.79 Å². The van der Waals surface area contributed by atoms with E-state index in [1.165, 1.54) is 0 Å². The van der Waals surface area contributed by atoms with Crippen LogP contribution in [-0.4, -0.2) is 38.7 Å². The van der Waals surface area contributed by atoms with Gasteiger partial charge >= 0.3 is 0 Å². The molecular formula is C13H13BrN4O. The molecule has 1 fully saturated rings. The molecule has 0 N–H and O–H groups in total. The van der Waals surface area contributed by atoms with E-state index >= 15 is 0 Å². The van der Waals surface area contributed by atoms with E-state index < -0.39 is 0 Å². The number of likely N-dealkylation sites (tertiary alicyclic amines) is 1. The molecule has 3 rings (SSSR count). The van der Waals surface area contributed by atoms with Gasteiger partial charge in [-0.15, -0.1) is 0 Å². The normalized spacial score (nSPS) is 15.3. The van der Waals surface area contributed by atoms with Gasteiger partial charge in [-0.2, -0.15) is 5.10 Å². The van der Waals surface area contributed by atoms with Gasteiger partial charge < -0.3 is 4.90 Å². The summed E-state index contributed by atoms with van der Waals surface area (Å²) in [7, 11) is 0. The Labute approximate surface area is 119 Å². The quantitative estimate of drug-likeness (QED) is 0.866. The number of nitrogens with zero attached hydrogens (tertiary/aromatic N) is 4. The summed E-state index contributed by atoms with van der Waals surface area (Å²) in [4.78, 5) is 17.9. The van der Waals surface area contributed by atoms with Crippen molar-refractivity contribution < 1.29 is 4.79 Å². The first-order valence-corrected chi connectivity index (χ1v) is 6.89. The fraction of sp³-hybridized carbons (Fsp3) is 0.308. The molecule has 0 atom stereocenters. The standard InChI is InChI=1S/C13H13BrN4O/c14-12-5-16-18(9-12)8-10-6-17(7-10)13(19)11-1-3-15-4-2-11/h1-5,9-10H,6-8H2. The van der Waals surface area contributed by atoms with Gasteiger partial charge in [0.15, 0.2) is 0 Å². The Balaban J connectivity index is 1.54. The lowest BCUT2D eigenvalue weighted by Gasteiger charge is -2.39. The minimum Gasteiger partial charge on any atom is -0.338 e. The van der Waals surface area contributed by atoms with E-state index in [1.54, 1.807) is 30.7 Å². The third-order valence-electron chi connectivity index (χ3n) is 3.22. The largest absolute Gasteiger partial charge is 0.338 e. The summed E-state index contributed by atoms with van der Waals surface area (Å²) in [6, 6.07) is 3.50. The van der Waals surface area contributed by atoms with Crippen LogP contribution in [0.25, 0.3) is 0 Å². The van der Waals surface area contributed by atoms with Gasteiger partial charge in [0.05, 0.1) is 10.7 Å². The molecule has 1 amide bonds. The smallest absolute Gasteiger partial charge is 0.253 e. The number of amides is 1. The molecule has 0 spiro atoms. The van der Waals surface area contributed by atoms with Gasteiger partial charge in [-0.05, 0) is 28.1 Å². The van der Waals surface area contributed by atoms with E-state index in [-0.39, 0.29) is 5.91 Å². The maximum absolute atomic E-state index is 12.1. The number of rotatable bonds is 3. The highest BCUT2D eigenvalue weighted by molar-refractivity contribution is 9.10. The van der Waals surface area contributed by atoms with Crippen LogP contribution in [0.3, 0.4) is 0 Å². The maximum atomic E-state index is 12.1. The summed E-state index contributed by atoms with van der Waals surface area (Å²) in [6.45, 7) is 2.43. The zero-order valence-corrected chi connectivity index (χ0v) is 11.8. The highest BCUT2D eigenvalue weighted by Gasteiger charge is 2.31. The van der Waals surface area contributed by atoms with Crippen LogP contribution >= 0.6 is 15.9 Å². The first-order chi connectivity index (χ1) is 9.22. The van der Waals surface area contributed by atoms with E-state index in [4.69, 9.17) is 0 Å². The van der Waals surface area contributed by atoms with Gasteiger partial charge in [0.2, 0.25) is 0 Å². The van der Waals surface area contributed by atoms with Crippen molar-refractivity contribution in [1.29, 1.82) is 0 Å². The van der Waals surface area contributed by atoms with Crippen LogP contribution in [-0.2, 0) is 6.54 Å². The highest BCUT2D eigenvalue weighted by Crippen LogP contribution is 2.20. The fourth-order valence-electron chi connectivity index (χ4n) is 2.23. The van der Waals surface area contributed by atoms with Gasteiger partial charge in [0.25, 0.3) is 5.91 Å². The van der Waals surface area contributed by atoms with Crippen LogP contribution in [0.4, 0.5) is 0 Å². The van der Waals surface area contributed by atoms with E-state index in [2.05, 4.69) is 26.0 Å². The maximum Gasteiger partial charge on any atom is 0.253 e. The predicted molar refractivity (Wildman–Crippen MR) is 73.6 cm³/mol. The molecule has 1 aliphatic rings. The van der Waals surface area contributed by atoms with Gasteiger partial charge in [0.1, 0.15) is 0 Å². The Bertz CT molecular complexity index is 577. The van der Waals surface area contributed by atoms with Crippen LogP contribution in [0.15, 0.2) is 41.4 Å². The van der Waals surface area contributed by atoms with Crippen molar-refractivity contribution in [3.8, 4) is 0 Å². The molecule has 0 aliphatic carbocycles. The molecule has 1 saturated heterocycles. The summed E-state index contributed by atoms with van der Waals surface area (Å²) in [5, 5.41) is 4.22. The van der Waals surface area contributed by atoms with Gasteiger partial charge in [-0.25, -0.2) is 0 Å². The van der Waals surface area contributed by atoms with Crippen LogP contribution in [0.1, 0.15) is 10.4 Å². The summed E-state index contributed by atoms with van der Waals surface area (Å²) >= 11 is 3.37. The number of hydrogen-bond acceptors (Lipinski definition) is 3.